The van der Waals surface area contributed by atoms with Crippen LogP contribution in [0.5, 0.6) is 0 Å². The van der Waals surface area contributed by atoms with Gasteiger partial charge >= 0.3 is 0 Å². The molecule has 18 heavy (non-hydrogen) atoms. The van der Waals surface area contributed by atoms with Gasteiger partial charge in [-0.3, -0.25) is 9.59 Å². The summed E-state index contributed by atoms with van der Waals surface area (Å²) < 4.78 is 13.5. The van der Waals surface area contributed by atoms with Crippen molar-refractivity contribution in [2.24, 2.45) is 11.7 Å². The van der Waals surface area contributed by atoms with E-state index >= 15 is 0 Å². The predicted molar refractivity (Wildman–Crippen MR) is 64.5 cm³/mol. The Kier molecular flexibility index (Phi) is 3.57. The Hall–Kier alpha value is -1.95. The van der Waals surface area contributed by atoms with E-state index < -0.39 is 11.7 Å². The second-order valence-corrected chi connectivity index (χ2v) is 4.24. The van der Waals surface area contributed by atoms with Gasteiger partial charge in [-0.1, -0.05) is 0 Å². The van der Waals surface area contributed by atoms with E-state index in [-0.39, 0.29) is 23.1 Å². The fourth-order valence-corrected chi connectivity index (χ4v) is 1.89. The molecule has 1 aliphatic rings. The highest BCUT2D eigenvalue weighted by Gasteiger charge is 2.23. The molecule has 0 spiro atoms. The maximum Gasteiger partial charge on any atom is 0.248 e. The summed E-state index contributed by atoms with van der Waals surface area (Å²) >= 11 is 0. The van der Waals surface area contributed by atoms with Crippen molar-refractivity contribution in [1.29, 1.82) is 0 Å². The summed E-state index contributed by atoms with van der Waals surface area (Å²) in [7, 11) is 0. The molecule has 6 heteroatoms. The number of primary amides is 1. The SMILES string of the molecule is NC(=O)c1ccc(F)c(NC(=O)C2CCNC2)c1. The average Bonchev–Trinajstić information content (AvgIpc) is 2.85. The zero-order valence-corrected chi connectivity index (χ0v) is 9.70. The van der Waals surface area contributed by atoms with Crippen LogP contribution in [-0.4, -0.2) is 24.9 Å². The van der Waals surface area contributed by atoms with E-state index in [4.69, 9.17) is 5.73 Å². The van der Waals surface area contributed by atoms with Crippen LogP contribution in [0.2, 0.25) is 0 Å². The Morgan fingerprint density at radius 1 is 1.44 bits per heavy atom. The first-order chi connectivity index (χ1) is 8.58. The lowest BCUT2D eigenvalue weighted by Gasteiger charge is -2.11. The molecule has 1 saturated heterocycles. The Morgan fingerprint density at radius 3 is 2.83 bits per heavy atom. The number of carbonyl (C=O) groups is 2. The topological polar surface area (TPSA) is 84.2 Å². The van der Waals surface area contributed by atoms with E-state index in [9.17, 15) is 14.0 Å². The van der Waals surface area contributed by atoms with Gasteiger partial charge in [-0.15, -0.1) is 0 Å². The van der Waals surface area contributed by atoms with Gasteiger partial charge in [0.05, 0.1) is 11.6 Å². The van der Waals surface area contributed by atoms with Gasteiger partial charge in [-0.2, -0.15) is 0 Å². The van der Waals surface area contributed by atoms with Crippen LogP contribution in [0.15, 0.2) is 18.2 Å². The summed E-state index contributed by atoms with van der Waals surface area (Å²) in [4.78, 5) is 22.8. The molecule has 0 bridgehead atoms. The van der Waals surface area contributed by atoms with E-state index in [2.05, 4.69) is 10.6 Å². The lowest BCUT2D eigenvalue weighted by atomic mass is 10.1. The normalized spacial score (nSPS) is 18.6. The fourth-order valence-electron chi connectivity index (χ4n) is 1.89. The average molecular weight is 251 g/mol. The highest BCUT2D eigenvalue weighted by molar-refractivity contribution is 5.97. The Balaban J connectivity index is 2.14. The zero-order chi connectivity index (χ0) is 13.1. The van der Waals surface area contributed by atoms with E-state index in [0.717, 1.165) is 19.0 Å². The van der Waals surface area contributed by atoms with Crippen molar-refractivity contribution in [3.05, 3.63) is 29.6 Å². The zero-order valence-electron chi connectivity index (χ0n) is 9.70. The van der Waals surface area contributed by atoms with Crippen molar-refractivity contribution >= 4 is 17.5 Å². The molecule has 1 atom stereocenters. The number of hydrogen-bond acceptors (Lipinski definition) is 3. The third kappa shape index (κ3) is 2.65. The quantitative estimate of drug-likeness (QED) is 0.730. The number of anilines is 1. The second-order valence-electron chi connectivity index (χ2n) is 4.24. The smallest absolute Gasteiger partial charge is 0.248 e. The minimum atomic E-state index is -0.659. The van der Waals surface area contributed by atoms with Crippen LogP contribution in [0.25, 0.3) is 0 Å². The summed E-state index contributed by atoms with van der Waals surface area (Å²) in [6.07, 6.45) is 0.725. The number of rotatable bonds is 3. The van der Waals surface area contributed by atoms with Crippen LogP contribution >= 0.6 is 0 Å². The van der Waals surface area contributed by atoms with Crippen molar-refractivity contribution < 1.29 is 14.0 Å². The Bertz CT molecular complexity index is 484. The number of benzene rings is 1. The molecule has 0 saturated carbocycles. The molecule has 1 aromatic rings. The number of hydrogen-bond donors (Lipinski definition) is 3. The molecule has 0 aromatic heterocycles. The van der Waals surface area contributed by atoms with Crippen LogP contribution in [0.1, 0.15) is 16.8 Å². The van der Waals surface area contributed by atoms with Crippen LogP contribution in [0.4, 0.5) is 10.1 Å². The third-order valence-corrected chi connectivity index (χ3v) is 2.94. The third-order valence-electron chi connectivity index (χ3n) is 2.94. The fraction of sp³-hybridized carbons (Fsp3) is 0.333. The van der Waals surface area contributed by atoms with Gasteiger partial charge in [0, 0.05) is 12.1 Å². The summed E-state index contributed by atoms with van der Waals surface area (Å²) in [6.45, 7) is 1.37. The monoisotopic (exact) mass is 251 g/mol. The lowest BCUT2D eigenvalue weighted by molar-refractivity contribution is -0.119. The molecule has 2 rings (SSSR count). The molecule has 5 nitrogen and oxygen atoms in total. The van der Waals surface area contributed by atoms with Crippen molar-refractivity contribution in [1.82, 2.24) is 5.32 Å². The molecule has 0 radical (unpaired) electrons. The first-order valence-corrected chi connectivity index (χ1v) is 5.69. The molecular weight excluding hydrogens is 237 g/mol. The molecule has 1 unspecified atom stereocenters. The van der Waals surface area contributed by atoms with E-state index in [1.54, 1.807) is 0 Å². The highest BCUT2D eigenvalue weighted by Crippen LogP contribution is 2.18. The standard InChI is InChI=1S/C12H14FN3O2/c13-9-2-1-7(11(14)17)5-10(9)16-12(18)8-3-4-15-6-8/h1-2,5,8,15H,3-4,6H2,(H2,14,17)(H,16,18). The molecule has 2 amide bonds. The first kappa shape index (κ1) is 12.5. The largest absolute Gasteiger partial charge is 0.366 e. The predicted octanol–water partition coefficient (Wildman–Crippen LogP) is 0.473. The van der Waals surface area contributed by atoms with Crippen molar-refractivity contribution in [2.45, 2.75) is 6.42 Å². The minimum Gasteiger partial charge on any atom is -0.366 e. The molecular formula is C12H14FN3O2. The molecule has 4 N–H and O–H groups in total. The van der Waals surface area contributed by atoms with Gasteiger partial charge < -0.3 is 16.4 Å². The van der Waals surface area contributed by atoms with Crippen molar-refractivity contribution in [3.8, 4) is 0 Å². The van der Waals surface area contributed by atoms with Gasteiger partial charge in [-0.05, 0) is 31.2 Å². The van der Waals surface area contributed by atoms with Gasteiger partial charge in [0.25, 0.3) is 0 Å². The molecule has 1 aromatic carbocycles. The van der Waals surface area contributed by atoms with E-state index in [0.29, 0.717) is 6.54 Å². The summed E-state index contributed by atoms with van der Waals surface area (Å²) in [6, 6.07) is 3.64. The second kappa shape index (κ2) is 5.14. The van der Waals surface area contributed by atoms with Crippen molar-refractivity contribution in [3.63, 3.8) is 0 Å². The van der Waals surface area contributed by atoms with E-state index in [1.165, 1.54) is 12.1 Å². The number of amides is 2. The maximum absolute atomic E-state index is 13.5. The number of carbonyl (C=O) groups excluding carboxylic acids is 2. The van der Waals surface area contributed by atoms with Crippen LogP contribution in [-0.2, 0) is 4.79 Å². The van der Waals surface area contributed by atoms with E-state index in [1.807, 2.05) is 0 Å². The summed E-state index contributed by atoms with van der Waals surface area (Å²) in [5.41, 5.74) is 5.25. The summed E-state index contributed by atoms with van der Waals surface area (Å²) in [5.74, 6) is -1.66. The minimum absolute atomic E-state index is 0.0109. The molecule has 0 aliphatic carbocycles. The molecule has 1 fully saturated rings. The molecule has 96 valence electrons. The first-order valence-electron chi connectivity index (χ1n) is 5.69. The number of nitrogens with one attached hydrogen (secondary N) is 2. The van der Waals surface area contributed by atoms with Gasteiger partial charge in [-0.25, -0.2) is 4.39 Å². The van der Waals surface area contributed by atoms with Gasteiger partial charge in [0.15, 0.2) is 0 Å². The van der Waals surface area contributed by atoms with Crippen LogP contribution < -0.4 is 16.4 Å². The van der Waals surface area contributed by atoms with Crippen LogP contribution in [0.3, 0.4) is 0 Å². The maximum atomic E-state index is 13.5. The Morgan fingerprint density at radius 2 is 2.22 bits per heavy atom. The lowest BCUT2D eigenvalue weighted by Crippen LogP contribution is -2.25. The molecule has 1 aliphatic heterocycles. The van der Waals surface area contributed by atoms with Gasteiger partial charge in [0.1, 0.15) is 5.82 Å². The van der Waals surface area contributed by atoms with Crippen molar-refractivity contribution in [2.75, 3.05) is 18.4 Å². The molecule has 1 heterocycles. The van der Waals surface area contributed by atoms with Gasteiger partial charge in [0.2, 0.25) is 11.8 Å². The number of nitrogens with two attached hydrogens (primary N) is 1. The Labute approximate surface area is 104 Å². The number of halogens is 1. The summed E-state index contributed by atoms with van der Waals surface area (Å²) in [5, 5.41) is 5.54. The van der Waals surface area contributed by atoms with Crippen LogP contribution in [0, 0.1) is 11.7 Å². The highest BCUT2D eigenvalue weighted by atomic mass is 19.1.